The van der Waals surface area contributed by atoms with E-state index in [0.29, 0.717) is 13.2 Å². The molecule has 0 fully saturated rings. The minimum atomic E-state index is 0.682. The van der Waals surface area contributed by atoms with E-state index in [9.17, 15) is 0 Å². The topological polar surface area (TPSA) is 39.2 Å². The van der Waals surface area contributed by atoms with Crippen LogP contribution >= 0.6 is 12.2 Å². The lowest BCUT2D eigenvalue weighted by molar-refractivity contribution is 0.124. The van der Waals surface area contributed by atoms with Gasteiger partial charge in [-0.1, -0.05) is 26.3 Å². The number of hydrogen-bond acceptors (Lipinski definition) is 3. The second kappa shape index (κ2) is 8.20. The van der Waals surface area contributed by atoms with Crippen LogP contribution in [0.2, 0.25) is 0 Å². The van der Waals surface area contributed by atoms with E-state index in [4.69, 9.17) is 21.7 Å². The molecule has 0 saturated heterocycles. The first-order valence-electron chi connectivity index (χ1n) is 7.70. The Morgan fingerprint density at radius 3 is 2.76 bits per heavy atom. The van der Waals surface area contributed by atoms with Crippen molar-refractivity contribution in [2.75, 3.05) is 19.8 Å². The maximum Gasteiger partial charge on any atom is 0.178 e. The fourth-order valence-corrected chi connectivity index (χ4v) is 2.50. The van der Waals surface area contributed by atoms with Gasteiger partial charge in [-0.15, -0.1) is 0 Å². The summed E-state index contributed by atoms with van der Waals surface area (Å²) in [6.07, 6.45) is 3.25. The van der Waals surface area contributed by atoms with Gasteiger partial charge in [-0.25, -0.2) is 0 Å². The average molecular weight is 308 g/mol. The van der Waals surface area contributed by atoms with Gasteiger partial charge in [0.1, 0.15) is 11.3 Å². The highest BCUT2D eigenvalue weighted by molar-refractivity contribution is 7.71. The number of H-pyrrole nitrogens is 1. The van der Waals surface area contributed by atoms with Crippen LogP contribution in [0.15, 0.2) is 18.2 Å². The minimum absolute atomic E-state index is 0.682. The molecule has 1 aromatic carbocycles. The molecule has 1 heterocycles. The molecule has 0 radical (unpaired) electrons. The Bertz CT molecular complexity index is 618. The van der Waals surface area contributed by atoms with E-state index in [1.807, 2.05) is 12.1 Å². The standard InChI is InChI=1S/C16H24N2O2S/c1-3-5-11-19-12-9-18-13-7-6-8-14(20-10-4-2)15(13)17-16(18)21/h6-8H,3-5,9-12H2,1-2H3,(H,17,21). The van der Waals surface area contributed by atoms with Crippen molar-refractivity contribution in [3.05, 3.63) is 23.0 Å². The van der Waals surface area contributed by atoms with Crippen LogP contribution in [0.1, 0.15) is 33.1 Å². The minimum Gasteiger partial charge on any atom is -0.491 e. The zero-order valence-corrected chi connectivity index (χ0v) is 13.7. The summed E-state index contributed by atoms with van der Waals surface area (Å²) in [5, 5.41) is 0. The Hall–Kier alpha value is -1.33. The molecule has 0 aliphatic rings. The quantitative estimate of drug-likeness (QED) is 0.554. The fraction of sp³-hybridized carbons (Fsp3) is 0.562. The Balaban J connectivity index is 2.13. The summed E-state index contributed by atoms with van der Waals surface area (Å²) in [5.41, 5.74) is 2.05. The number of ether oxygens (including phenoxy) is 2. The number of rotatable bonds is 9. The van der Waals surface area contributed by atoms with Crippen molar-refractivity contribution in [3.63, 3.8) is 0 Å². The molecule has 116 valence electrons. The van der Waals surface area contributed by atoms with E-state index in [0.717, 1.165) is 54.0 Å². The maximum absolute atomic E-state index is 5.77. The van der Waals surface area contributed by atoms with Gasteiger partial charge in [-0.05, 0) is 37.2 Å². The summed E-state index contributed by atoms with van der Waals surface area (Å²) in [5.74, 6) is 0.867. The molecule has 0 aliphatic carbocycles. The SMILES string of the molecule is CCCCOCCn1c(=S)[nH]c2c(OCCC)cccc21. The molecule has 0 atom stereocenters. The third-order valence-corrected chi connectivity index (χ3v) is 3.66. The molecule has 1 N–H and O–H groups in total. The van der Waals surface area contributed by atoms with E-state index < -0.39 is 0 Å². The van der Waals surface area contributed by atoms with Crippen LogP contribution in [0.4, 0.5) is 0 Å². The molecule has 21 heavy (non-hydrogen) atoms. The van der Waals surface area contributed by atoms with Crippen molar-refractivity contribution >= 4 is 23.3 Å². The Morgan fingerprint density at radius 2 is 2.00 bits per heavy atom. The highest BCUT2D eigenvalue weighted by Crippen LogP contribution is 2.25. The van der Waals surface area contributed by atoms with Crippen LogP contribution in [-0.4, -0.2) is 29.4 Å². The lowest BCUT2D eigenvalue weighted by Gasteiger charge is -2.07. The summed E-state index contributed by atoms with van der Waals surface area (Å²) in [6.45, 7) is 7.24. The number of nitrogens with one attached hydrogen (secondary N) is 1. The first kappa shape index (κ1) is 16.0. The van der Waals surface area contributed by atoms with Crippen molar-refractivity contribution in [2.45, 2.75) is 39.7 Å². The number of para-hydroxylation sites is 1. The van der Waals surface area contributed by atoms with Crippen molar-refractivity contribution < 1.29 is 9.47 Å². The normalized spacial score (nSPS) is 11.1. The van der Waals surface area contributed by atoms with Crippen molar-refractivity contribution in [2.24, 2.45) is 0 Å². The molecule has 0 saturated carbocycles. The summed E-state index contributed by atoms with van der Waals surface area (Å²) >= 11 is 5.42. The molecule has 2 rings (SSSR count). The summed E-state index contributed by atoms with van der Waals surface area (Å²) in [6, 6.07) is 6.04. The Kier molecular flexibility index (Phi) is 6.26. The van der Waals surface area contributed by atoms with Gasteiger partial charge < -0.3 is 19.0 Å². The zero-order valence-electron chi connectivity index (χ0n) is 12.9. The van der Waals surface area contributed by atoms with Gasteiger partial charge >= 0.3 is 0 Å². The second-order valence-corrected chi connectivity index (χ2v) is 5.43. The number of aromatic nitrogens is 2. The maximum atomic E-state index is 5.77. The molecule has 2 aromatic rings. The van der Waals surface area contributed by atoms with Crippen molar-refractivity contribution in [3.8, 4) is 5.75 Å². The molecule has 5 heteroatoms. The molecule has 4 nitrogen and oxygen atoms in total. The average Bonchev–Trinajstić information content (AvgIpc) is 2.81. The number of nitrogens with zero attached hydrogens (tertiary/aromatic N) is 1. The molecule has 0 unspecified atom stereocenters. The highest BCUT2D eigenvalue weighted by Gasteiger charge is 2.09. The van der Waals surface area contributed by atoms with Gasteiger partial charge in [0, 0.05) is 13.2 Å². The van der Waals surface area contributed by atoms with Gasteiger partial charge in [0.05, 0.1) is 18.7 Å². The fourth-order valence-electron chi connectivity index (χ4n) is 2.21. The van der Waals surface area contributed by atoms with E-state index in [-0.39, 0.29) is 0 Å². The first-order chi connectivity index (χ1) is 10.3. The number of benzene rings is 1. The van der Waals surface area contributed by atoms with Gasteiger partial charge in [-0.2, -0.15) is 0 Å². The number of aromatic amines is 1. The van der Waals surface area contributed by atoms with Gasteiger partial charge in [0.2, 0.25) is 0 Å². The lowest BCUT2D eigenvalue weighted by atomic mass is 10.3. The van der Waals surface area contributed by atoms with Gasteiger partial charge in [0.25, 0.3) is 0 Å². The zero-order chi connectivity index (χ0) is 15.1. The molecule has 0 amide bonds. The molecule has 0 bridgehead atoms. The van der Waals surface area contributed by atoms with Crippen LogP contribution < -0.4 is 4.74 Å². The van der Waals surface area contributed by atoms with Crippen LogP contribution in [-0.2, 0) is 11.3 Å². The van der Waals surface area contributed by atoms with Crippen molar-refractivity contribution in [1.82, 2.24) is 9.55 Å². The smallest absolute Gasteiger partial charge is 0.178 e. The first-order valence-corrected chi connectivity index (χ1v) is 8.10. The number of unbranched alkanes of at least 4 members (excludes halogenated alkanes) is 1. The largest absolute Gasteiger partial charge is 0.491 e. The van der Waals surface area contributed by atoms with Crippen LogP contribution in [0.3, 0.4) is 0 Å². The number of imidazole rings is 1. The predicted molar refractivity (Wildman–Crippen MR) is 88.6 cm³/mol. The molecular formula is C16H24N2O2S. The van der Waals surface area contributed by atoms with Crippen LogP contribution in [0.25, 0.3) is 11.0 Å². The predicted octanol–water partition coefficient (Wildman–Crippen LogP) is 4.30. The Morgan fingerprint density at radius 1 is 1.14 bits per heavy atom. The highest BCUT2D eigenvalue weighted by atomic mass is 32.1. The number of fused-ring (bicyclic) bond motifs is 1. The third-order valence-electron chi connectivity index (χ3n) is 3.34. The summed E-state index contributed by atoms with van der Waals surface area (Å²) in [7, 11) is 0. The van der Waals surface area contributed by atoms with E-state index in [1.54, 1.807) is 0 Å². The summed E-state index contributed by atoms with van der Waals surface area (Å²) in [4.78, 5) is 3.25. The second-order valence-electron chi connectivity index (χ2n) is 5.05. The van der Waals surface area contributed by atoms with E-state index in [2.05, 4.69) is 29.5 Å². The summed E-state index contributed by atoms with van der Waals surface area (Å²) < 4.78 is 14.2. The third kappa shape index (κ3) is 4.08. The van der Waals surface area contributed by atoms with Crippen molar-refractivity contribution in [1.29, 1.82) is 0 Å². The van der Waals surface area contributed by atoms with Gasteiger partial charge in [0.15, 0.2) is 4.77 Å². The monoisotopic (exact) mass is 308 g/mol. The molecule has 0 aliphatic heterocycles. The number of hydrogen-bond donors (Lipinski definition) is 1. The van der Waals surface area contributed by atoms with Gasteiger partial charge in [-0.3, -0.25) is 0 Å². The van der Waals surface area contributed by atoms with E-state index in [1.165, 1.54) is 0 Å². The van der Waals surface area contributed by atoms with Crippen LogP contribution in [0.5, 0.6) is 5.75 Å². The molecule has 0 spiro atoms. The molecule has 1 aromatic heterocycles. The molecular weight excluding hydrogens is 284 g/mol. The lowest BCUT2D eigenvalue weighted by Crippen LogP contribution is -2.06. The van der Waals surface area contributed by atoms with Crippen LogP contribution in [0, 0.1) is 4.77 Å². The van der Waals surface area contributed by atoms with E-state index >= 15 is 0 Å². The Labute approximate surface area is 131 Å².